The van der Waals surface area contributed by atoms with Crippen LogP contribution in [0.5, 0.6) is 0 Å². The Hall–Kier alpha value is -2.12. The Labute approximate surface area is 174 Å². The molecule has 0 fully saturated rings. The van der Waals surface area contributed by atoms with Gasteiger partial charge in [-0.2, -0.15) is 0 Å². The molecular formula is C21H26N4OS2. The van der Waals surface area contributed by atoms with Crippen LogP contribution >= 0.6 is 23.1 Å². The molecule has 3 aromatic rings. The van der Waals surface area contributed by atoms with Crippen molar-refractivity contribution in [2.24, 2.45) is 0 Å². The van der Waals surface area contributed by atoms with E-state index in [4.69, 9.17) is 9.97 Å². The first-order valence-corrected chi connectivity index (χ1v) is 11.2. The highest BCUT2D eigenvalue weighted by atomic mass is 32.2. The van der Waals surface area contributed by atoms with Gasteiger partial charge in [0.2, 0.25) is 5.91 Å². The number of nitrogens with zero attached hydrogens (tertiary/aromatic N) is 3. The number of hydrogen-bond acceptors (Lipinski definition) is 6. The van der Waals surface area contributed by atoms with E-state index in [2.05, 4.69) is 31.3 Å². The van der Waals surface area contributed by atoms with Crippen molar-refractivity contribution < 1.29 is 4.79 Å². The number of likely N-dealkylation sites (N-methyl/N-ethyl adjacent to an activating group) is 1. The quantitative estimate of drug-likeness (QED) is 0.548. The molecule has 1 N–H and O–H groups in total. The van der Waals surface area contributed by atoms with Gasteiger partial charge < -0.3 is 10.2 Å². The maximum Gasteiger partial charge on any atom is 0.239 e. The average molecular weight is 415 g/mol. The number of thiophene rings is 1. The predicted octanol–water partition coefficient (Wildman–Crippen LogP) is 4.56. The minimum absolute atomic E-state index is 0.0147. The number of fused-ring (bicyclic) bond motifs is 1. The van der Waals surface area contributed by atoms with E-state index in [0.717, 1.165) is 28.3 Å². The average Bonchev–Trinajstić information content (AvgIpc) is 2.98. The number of rotatable bonds is 8. The number of aryl methyl sites for hydroxylation is 2. The lowest BCUT2D eigenvalue weighted by Gasteiger charge is -2.19. The summed E-state index contributed by atoms with van der Waals surface area (Å²) in [5, 5.41) is 3.99. The van der Waals surface area contributed by atoms with Crippen LogP contribution in [0.4, 0.5) is 5.82 Å². The van der Waals surface area contributed by atoms with E-state index in [1.807, 2.05) is 37.1 Å². The molecule has 5 nitrogen and oxygen atoms in total. The minimum Gasteiger partial charge on any atom is -0.355 e. The summed E-state index contributed by atoms with van der Waals surface area (Å²) in [6, 6.07) is 10.3. The van der Waals surface area contributed by atoms with Gasteiger partial charge in [-0.1, -0.05) is 25.1 Å². The standard InChI is InChI=1S/C21H26N4OS2/c1-5-11-22-18(26)12-25(4)20-19-14(2)15(3)28-21(19)24-17(23-20)13-27-16-9-7-6-8-10-16/h6-10H,5,11-13H2,1-4H3,(H,22,26). The number of carbonyl (C=O) groups excluding carboxylic acids is 1. The van der Waals surface area contributed by atoms with Gasteiger partial charge in [-0.3, -0.25) is 4.79 Å². The normalized spacial score (nSPS) is 11.0. The third kappa shape index (κ3) is 4.83. The SMILES string of the molecule is CCCNC(=O)CN(C)c1nc(CSc2ccccc2)nc2sc(C)c(C)c12. The van der Waals surface area contributed by atoms with E-state index in [0.29, 0.717) is 12.3 Å². The Kier molecular flexibility index (Phi) is 6.91. The Bertz CT molecular complexity index is 956. The molecule has 0 unspecified atom stereocenters. The molecule has 2 aromatic heterocycles. The fourth-order valence-corrected chi connectivity index (χ4v) is 4.70. The molecule has 0 bridgehead atoms. The van der Waals surface area contributed by atoms with Gasteiger partial charge in [-0.05, 0) is 38.0 Å². The smallest absolute Gasteiger partial charge is 0.239 e. The highest BCUT2D eigenvalue weighted by molar-refractivity contribution is 7.98. The molecule has 2 heterocycles. The summed E-state index contributed by atoms with van der Waals surface area (Å²) in [5.74, 6) is 2.33. The fourth-order valence-electron chi connectivity index (χ4n) is 2.89. The zero-order valence-electron chi connectivity index (χ0n) is 16.8. The topological polar surface area (TPSA) is 58.1 Å². The van der Waals surface area contributed by atoms with Crippen molar-refractivity contribution in [3.63, 3.8) is 0 Å². The number of carbonyl (C=O) groups is 1. The van der Waals surface area contributed by atoms with Crippen LogP contribution in [0, 0.1) is 13.8 Å². The molecule has 0 aliphatic carbocycles. The predicted molar refractivity (Wildman–Crippen MR) is 119 cm³/mol. The van der Waals surface area contributed by atoms with Gasteiger partial charge in [0.05, 0.1) is 17.7 Å². The summed E-state index contributed by atoms with van der Waals surface area (Å²) in [7, 11) is 1.92. The minimum atomic E-state index is 0.0147. The van der Waals surface area contributed by atoms with Crippen LogP contribution in [0.15, 0.2) is 35.2 Å². The summed E-state index contributed by atoms with van der Waals surface area (Å²) in [5.41, 5.74) is 1.19. The molecule has 1 aromatic carbocycles. The molecular weight excluding hydrogens is 388 g/mol. The van der Waals surface area contributed by atoms with Gasteiger partial charge in [0, 0.05) is 23.4 Å². The Morgan fingerprint density at radius 1 is 1.21 bits per heavy atom. The van der Waals surface area contributed by atoms with Crippen molar-refractivity contribution in [1.82, 2.24) is 15.3 Å². The first-order valence-electron chi connectivity index (χ1n) is 9.42. The van der Waals surface area contributed by atoms with E-state index in [-0.39, 0.29) is 12.5 Å². The van der Waals surface area contributed by atoms with Gasteiger partial charge in [-0.25, -0.2) is 9.97 Å². The number of hydrogen-bond donors (Lipinski definition) is 1. The Balaban J connectivity index is 1.89. The van der Waals surface area contributed by atoms with Crippen molar-refractivity contribution in [3.05, 3.63) is 46.6 Å². The lowest BCUT2D eigenvalue weighted by Crippen LogP contribution is -2.36. The number of aromatic nitrogens is 2. The van der Waals surface area contributed by atoms with Gasteiger partial charge in [0.1, 0.15) is 16.5 Å². The first kappa shape index (κ1) is 20.6. The van der Waals surface area contributed by atoms with E-state index < -0.39 is 0 Å². The third-order valence-corrected chi connectivity index (χ3v) is 6.59. The zero-order valence-corrected chi connectivity index (χ0v) is 18.4. The molecule has 3 rings (SSSR count). The molecule has 0 saturated carbocycles. The number of thioether (sulfide) groups is 1. The Morgan fingerprint density at radius 3 is 2.68 bits per heavy atom. The van der Waals surface area contributed by atoms with Crippen molar-refractivity contribution in [1.29, 1.82) is 0 Å². The monoisotopic (exact) mass is 414 g/mol. The summed E-state index contributed by atoms with van der Waals surface area (Å²) in [6.07, 6.45) is 0.927. The maximum absolute atomic E-state index is 12.2. The van der Waals surface area contributed by atoms with Gasteiger partial charge in [-0.15, -0.1) is 23.1 Å². The lowest BCUT2D eigenvalue weighted by molar-refractivity contribution is -0.119. The van der Waals surface area contributed by atoms with Crippen molar-refractivity contribution >= 4 is 45.0 Å². The molecule has 0 aliphatic rings. The maximum atomic E-state index is 12.2. The first-order chi connectivity index (χ1) is 13.5. The van der Waals surface area contributed by atoms with Crippen molar-refractivity contribution in [2.75, 3.05) is 25.0 Å². The van der Waals surface area contributed by atoms with Gasteiger partial charge in [0.15, 0.2) is 0 Å². The number of benzene rings is 1. The number of amides is 1. The van der Waals surface area contributed by atoms with Crippen molar-refractivity contribution in [3.8, 4) is 0 Å². The fraction of sp³-hybridized carbons (Fsp3) is 0.381. The van der Waals surface area contributed by atoms with Crippen LogP contribution in [0.1, 0.15) is 29.6 Å². The largest absolute Gasteiger partial charge is 0.355 e. The molecule has 1 amide bonds. The summed E-state index contributed by atoms with van der Waals surface area (Å²) < 4.78 is 0. The molecule has 0 saturated heterocycles. The summed E-state index contributed by atoms with van der Waals surface area (Å²) >= 11 is 3.41. The second kappa shape index (κ2) is 9.39. The third-order valence-electron chi connectivity index (χ3n) is 4.48. The van der Waals surface area contributed by atoms with Gasteiger partial charge >= 0.3 is 0 Å². The molecule has 148 valence electrons. The van der Waals surface area contributed by atoms with Crippen LogP contribution in [-0.4, -0.2) is 36.0 Å². The zero-order chi connectivity index (χ0) is 20.1. The van der Waals surface area contributed by atoms with E-state index in [1.165, 1.54) is 15.3 Å². The molecule has 0 radical (unpaired) electrons. The highest BCUT2D eigenvalue weighted by Gasteiger charge is 2.19. The second-order valence-electron chi connectivity index (χ2n) is 6.73. The van der Waals surface area contributed by atoms with Crippen LogP contribution < -0.4 is 10.2 Å². The van der Waals surface area contributed by atoms with Crippen molar-refractivity contribution in [2.45, 2.75) is 37.8 Å². The van der Waals surface area contributed by atoms with Crippen LogP contribution in [0.25, 0.3) is 10.2 Å². The van der Waals surface area contributed by atoms with Crippen LogP contribution in [-0.2, 0) is 10.5 Å². The molecule has 7 heteroatoms. The van der Waals surface area contributed by atoms with Crippen LogP contribution in [0.2, 0.25) is 0 Å². The highest BCUT2D eigenvalue weighted by Crippen LogP contribution is 2.35. The van der Waals surface area contributed by atoms with Crippen LogP contribution in [0.3, 0.4) is 0 Å². The molecule has 0 aliphatic heterocycles. The number of anilines is 1. The van der Waals surface area contributed by atoms with Gasteiger partial charge in [0.25, 0.3) is 0 Å². The summed E-state index contributed by atoms with van der Waals surface area (Å²) in [6.45, 7) is 7.24. The second-order valence-corrected chi connectivity index (χ2v) is 8.99. The van der Waals surface area contributed by atoms with E-state index in [1.54, 1.807) is 23.1 Å². The molecule has 28 heavy (non-hydrogen) atoms. The number of nitrogens with one attached hydrogen (secondary N) is 1. The van der Waals surface area contributed by atoms with E-state index in [9.17, 15) is 4.79 Å². The van der Waals surface area contributed by atoms with E-state index >= 15 is 0 Å². The lowest BCUT2D eigenvalue weighted by atomic mass is 10.2. The molecule has 0 spiro atoms. The summed E-state index contributed by atoms with van der Waals surface area (Å²) in [4.78, 5) is 27.2. The molecule has 0 atom stereocenters. The Morgan fingerprint density at radius 2 is 1.96 bits per heavy atom.